The molecule has 0 atom stereocenters. The number of aryl methyl sites for hydroxylation is 1. The first-order valence-electron chi connectivity index (χ1n) is 12.5. The number of hydrogen-bond acceptors (Lipinski definition) is 6. The largest absolute Gasteiger partial charge is 0.395 e. The molecule has 9 heteroatoms. The molecule has 0 bridgehead atoms. The van der Waals surface area contributed by atoms with Gasteiger partial charge in [-0.1, -0.05) is 53.9 Å². The Labute approximate surface area is 240 Å². The van der Waals surface area contributed by atoms with Gasteiger partial charge in [-0.15, -0.1) is 6.58 Å². The molecule has 0 spiro atoms. The molecule has 0 unspecified atom stereocenters. The lowest BCUT2D eigenvalue weighted by Gasteiger charge is -2.23. The zero-order valence-electron chi connectivity index (χ0n) is 23.2. The summed E-state index contributed by atoms with van der Waals surface area (Å²) in [5.41, 5.74) is 11.0. The summed E-state index contributed by atoms with van der Waals surface area (Å²) in [7, 11) is 1.90. The van der Waals surface area contributed by atoms with Crippen LogP contribution in [0.2, 0.25) is 5.02 Å². The Morgan fingerprint density at radius 2 is 1.85 bits per heavy atom. The second-order valence-corrected chi connectivity index (χ2v) is 10.2. The summed E-state index contributed by atoms with van der Waals surface area (Å²) in [6.45, 7) is 13.7. The number of rotatable bonds is 10. The molecule has 1 fully saturated rings. The molecule has 0 heterocycles. The van der Waals surface area contributed by atoms with Crippen LogP contribution in [0.15, 0.2) is 83.2 Å². The first kappa shape index (κ1) is 32.1. The molecular formula is C30H38ClF2N5S. The van der Waals surface area contributed by atoms with Crippen LogP contribution in [0.5, 0.6) is 0 Å². The fraction of sp³-hybridized carbons (Fsp3) is 0.300. The Balaban J connectivity index is 0.00000170. The van der Waals surface area contributed by atoms with Crippen molar-refractivity contribution in [2.75, 3.05) is 24.4 Å². The molecule has 0 amide bonds. The van der Waals surface area contributed by atoms with Crippen molar-refractivity contribution in [3.05, 3.63) is 106 Å². The Morgan fingerprint density at radius 1 is 1.21 bits per heavy atom. The van der Waals surface area contributed by atoms with Crippen molar-refractivity contribution in [2.45, 2.75) is 46.1 Å². The molecule has 1 aliphatic rings. The highest BCUT2D eigenvalue weighted by Gasteiger charge is 2.28. The van der Waals surface area contributed by atoms with Crippen molar-refractivity contribution >= 4 is 40.6 Å². The van der Waals surface area contributed by atoms with Gasteiger partial charge in [0.1, 0.15) is 11.6 Å². The lowest BCUT2D eigenvalue weighted by Crippen LogP contribution is -2.21. The number of halogens is 3. The van der Waals surface area contributed by atoms with E-state index in [4.69, 9.17) is 27.6 Å². The minimum Gasteiger partial charge on any atom is -0.395 e. The van der Waals surface area contributed by atoms with E-state index >= 15 is 0 Å². The summed E-state index contributed by atoms with van der Waals surface area (Å²) in [5, 5.41) is 14.9. The van der Waals surface area contributed by atoms with Gasteiger partial charge in [0.05, 0.1) is 22.1 Å². The lowest BCUT2D eigenvalue weighted by atomic mass is 9.91. The van der Waals surface area contributed by atoms with Gasteiger partial charge in [-0.3, -0.25) is 10.1 Å². The van der Waals surface area contributed by atoms with Crippen LogP contribution >= 0.6 is 23.5 Å². The molecule has 5 nitrogen and oxygen atoms in total. The third-order valence-corrected chi connectivity index (χ3v) is 6.44. The van der Waals surface area contributed by atoms with Gasteiger partial charge in [0, 0.05) is 29.9 Å². The van der Waals surface area contributed by atoms with E-state index in [9.17, 15) is 8.78 Å². The summed E-state index contributed by atoms with van der Waals surface area (Å²) in [5.74, 6) is -0.961. The molecule has 1 aliphatic carbocycles. The van der Waals surface area contributed by atoms with E-state index in [0.717, 1.165) is 29.6 Å². The smallest absolute Gasteiger partial charge is 0.147 e. The molecule has 2 aromatic rings. The molecule has 0 aromatic heterocycles. The third-order valence-electron chi connectivity index (χ3n) is 6.03. The Morgan fingerprint density at radius 3 is 2.36 bits per heavy atom. The summed E-state index contributed by atoms with van der Waals surface area (Å²) in [4.78, 5) is 0. The Bertz CT molecular complexity index is 1290. The van der Waals surface area contributed by atoms with E-state index in [1.807, 2.05) is 45.1 Å². The summed E-state index contributed by atoms with van der Waals surface area (Å²) >= 11 is 7.81. The van der Waals surface area contributed by atoms with Crippen LogP contribution < -0.4 is 16.2 Å². The molecule has 0 aliphatic heterocycles. The third kappa shape index (κ3) is 8.46. The Kier molecular flexibility index (Phi) is 12.3. The van der Waals surface area contributed by atoms with E-state index in [1.54, 1.807) is 24.3 Å². The number of hydrogen-bond donors (Lipinski definition) is 3. The fourth-order valence-corrected chi connectivity index (χ4v) is 4.13. The van der Waals surface area contributed by atoms with Gasteiger partial charge in [-0.05, 0) is 81.7 Å². The number of nitrogen functional groups attached to an aromatic ring is 1. The minimum atomic E-state index is -0.599. The molecule has 210 valence electrons. The predicted octanol–water partition coefficient (Wildman–Crippen LogP) is 7.99. The van der Waals surface area contributed by atoms with Crippen LogP contribution in [-0.2, 0) is 0 Å². The van der Waals surface area contributed by atoms with E-state index in [2.05, 4.69) is 18.5 Å². The molecule has 0 radical (unpaired) electrons. The number of anilines is 2. The topological polar surface area (TPSA) is 79.7 Å². The van der Waals surface area contributed by atoms with Crippen LogP contribution in [-0.4, -0.2) is 30.1 Å². The standard InChI is InChI=1S/C29H33ClF2N4.CH5NS/c1-7-9-21(20(8-2)28(17(3)4)34-25-15-10-18(5)16-24(25)32)29(35-36(6)19-11-12-19)22-13-14-23(31)27(33)26(22)30;1-3-2/h7-8,10,13-16,19,34H,1-2,9,11-12,33H2,3-6H3;2H2,1H3/b21-20+,35-29+;. The maximum Gasteiger partial charge on any atom is 0.147 e. The van der Waals surface area contributed by atoms with Crippen molar-refractivity contribution in [3.63, 3.8) is 0 Å². The summed E-state index contributed by atoms with van der Waals surface area (Å²) in [6.07, 6.45) is 7.75. The van der Waals surface area contributed by atoms with Gasteiger partial charge < -0.3 is 11.1 Å². The van der Waals surface area contributed by atoms with Gasteiger partial charge in [-0.2, -0.15) is 5.10 Å². The van der Waals surface area contributed by atoms with Gasteiger partial charge in [0.25, 0.3) is 0 Å². The summed E-state index contributed by atoms with van der Waals surface area (Å²) < 4.78 is 29.0. The highest BCUT2D eigenvalue weighted by atomic mass is 35.5. The van der Waals surface area contributed by atoms with Gasteiger partial charge in [-0.25, -0.2) is 8.78 Å². The average molecular weight is 574 g/mol. The molecule has 0 saturated heterocycles. The number of nitrogens with two attached hydrogens (primary N) is 2. The van der Waals surface area contributed by atoms with E-state index in [0.29, 0.717) is 40.7 Å². The molecule has 39 heavy (non-hydrogen) atoms. The van der Waals surface area contributed by atoms with Crippen molar-refractivity contribution in [2.24, 2.45) is 10.2 Å². The zero-order valence-corrected chi connectivity index (χ0v) is 24.8. The number of allylic oxidation sites excluding steroid dienone is 4. The normalized spacial score (nSPS) is 13.5. The monoisotopic (exact) mass is 573 g/mol. The fourth-order valence-electron chi connectivity index (χ4n) is 3.89. The molecule has 3 rings (SSSR count). The van der Waals surface area contributed by atoms with Gasteiger partial charge >= 0.3 is 0 Å². The number of benzene rings is 2. The highest BCUT2D eigenvalue weighted by Crippen LogP contribution is 2.34. The SMILES string of the molecule is C=CCC(/C(=N\N(C)C1CC1)c1ccc(F)c(N)c1Cl)=C(/C=C)C(Nc1ccc(C)cc1F)=C(C)C.CSN. The van der Waals surface area contributed by atoms with Crippen molar-refractivity contribution in [1.82, 2.24) is 5.01 Å². The van der Waals surface area contributed by atoms with Crippen LogP contribution in [0.25, 0.3) is 0 Å². The van der Waals surface area contributed by atoms with Crippen LogP contribution in [0.3, 0.4) is 0 Å². The number of hydrazone groups is 1. The minimum absolute atomic E-state index is 0.0826. The van der Waals surface area contributed by atoms with E-state index in [-0.39, 0.29) is 16.5 Å². The lowest BCUT2D eigenvalue weighted by molar-refractivity contribution is 0.344. The van der Waals surface area contributed by atoms with Crippen molar-refractivity contribution in [1.29, 1.82) is 0 Å². The first-order chi connectivity index (χ1) is 18.5. The molecular weight excluding hydrogens is 536 g/mol. The maximum atomic E-state index is 14.8. The molecule has 2 aromatic carbocycles. The highest BCUT2D eigenvalue weighted by molar-refractivity contribution is 7.96. The van der Waals surface area contributed by atoms with Crippen LogP contribution in [0, 0.1) is 18.6 Å². The average Bonchev–Trinajstić information content (AvgIpc) is 3.73. The van der Waals surface area contributed by atoms with E-state index in [1.165, 1.54) is 24.1 Å². The van der Waals surface area contributed by atoms with Gasteiger partial charge in [0.2, 0.25) is 0 Å². The maximum absolute atomic E-state index is 14.8. The van der Waals surface area contributed by atoms with E-state index < -0.39 is 5.82 Å². The van der Waals surface area contributed by atoms with Crippen molar-refractivity contribution < 1.29 is 8.78 Å². The van der Waals surface area contributed by atoms with Crippen molar-refractivity contribution in [3.8, 4) is 0 Å². The van der Waals surface area contributed by atoms with Gasteiger partial charge in [0.15, 0.2) is 0 Å². The molecule has 1 saturated carbocycles. The second kappa shape index (κ2) is 14.9. The zero-order chi connectivity index (χ0) is 29.3. The summed E-state index contributed by atoms with van der Waals surface area (Å²) in [6, 6.07) is 8.20. The van der Waals surface area contributed by atoms with Crippen LogP contribution in [0.1, 0.15) is 44.2 Å². The van der Waals surface area contributed by atoms with Crippen LogP contribution in [0.4, 0.5) is 20.2 Å². The quantitative estimate of drug-likeness (QED) is 0.0670. The first-order valence-corrected chi connectivity index (χ1v) is 14.1. The Hall–Kier alpha value is -3.07. The second-order valence-electron chi connectivity index (χ2n) is 9.38. The number of nitrogens with one attached hydrogen (secondary N) is 1. The predicted molar refractivity (Wildman–Crippen MR) is 166 cm³/mol. The molecule has 5 N–H and O–H groups in total. The number of nitrogens with zero attached hydrogens (tertiary/aromatic N) is 2.